The minimum absolute atomic E-state index is 0.400. The summed E-state index contributed by atoms with van der Waals surface area (Å²) in [7, 11) is 0. The van der Waals surface area contributed by atoms with Gasteiger partial charge in [0.15, 0.2) is 0 Å². The Labute approximate surface area is 138 Å². The molecule has 1 aromatic carbocycles. The summed E-state index contributed by atoms with van der Waals surface area (Å²) in [5.74, 6) is 0. The van der Waals surface area contributed by atoms with Crippen LogP contribution in [-0.2, 0) is 4.74 Å². The van der Waals surface area contributed by atoms with Crippen LogP contribution in [0.15, 0.2) is 29.3 Å². The molecule has 0 bridgehead atoms. The summed E-state index contributed by atoms with van der Waals surface area (Å²) in [6, 6.07) is 7.33. The van der Waals surface area contributed by atoms with Gasteiger partial charge in [0.25, 0.3) is 0 Å². The van der Waals surface area contributed by atoms with Crippen molar-refractivity contribution in [2.45, 2.75) is 26.4 Å². The van der Waals surface area contributed by atoms with Gasteiger partial charge in [-0.2, -0.15) is 0 Å². The molecule has 1 aromatic rings. The van der Waals surface area contributed by atoms with E-state index >= 15 is 0 Å². The van der Waals surface area contributed by atoms with Gasteiger partial charge in [-0.3, -0.25) is 0 Å². The van der Waals surface area contributed by atoms with E-state index in [1.54, 1.807) is 12.1 Å². The van der Waals surface area contributed by atoms with E-state index in [9.17, 15) is 4.79 Å². The molecule has 0 saturated carbocycles. The zero-order valence-corrected chi connectivity index (χ0v) is 14.7. The van der Waals surface area contributed by atoms with Crippen LogP contribution in [0.3, 0.4) is 0 Å². The molecule has 1 amide bonds. The van der Waals surface area contributed by atoms with E-state index in [2.05, 4.69) is 31.6 Å². The van der Waals surface area contributed by atoms with Crippen molar-refractivity contribution < 1.29 is 9.53 Å². The van der Waals surface area contributed by atoms with Crippen LogP contribution >= 0.6 is 11.6 Å². The third-order valence-electron chi connectivity index (χ3n) is 2.11. The number of carbonyl (C=O) groups excluding carboxylic acids is 1. The summed E-state index contributed by atoms with van der Waals surface area (Å²) in [6.07, 6.45) is -0.442. The van der Waals surface area contributed by atoms with E-state index in [1.165, 1.54) is 0 Å². The number of ether oxygens (including phenoxy) is 1. The van der Waals surface area contributed by atoms with Crippen molar-refractivity contribution in [1.82, 2.24) is 5.32 Å². The molecule has 7 heteroatoms. The van der Waals surface area contributed by atoms with Gasteiger partial charge in [0.05, 0.1) is 0 Å². The number of anilines is 1. The molecule has 0 saturated heterocycles. The number of nitrogens with one attached hydrogen (secondary N) is 2. The number of hydrogen-bond acceptors (Lipinski definition) is 3. The number of rotatable bonds is 4. The molecule has 0 heterocycles. The molecule has 1 rings (SSSR count). The molecule has 0 atom stereocenters. The van der Waals surface area contributed by atoms with Crippen molar-refractivity contribution in [2.24, 2.45) is 4.99 Å². The molecule has 115 valence electrons. The van der Waals surface area contributed by atoms with Gasteiger partial charge >= 0.3 is 138 Å². The first kappa shape index (κ1) is 17.8. The van der Waals surface area contributed by atoms with Gasteiger partial charge in [-0.25, -0.2) is 0 Å². The van der Waals surface area contributed by atoms with E-state index in [0.29, 0.717) is 22.8 Å². The average molecular weight is 376 g/mol. The first-order chi connectivity index (χ1) is 9.76. The third kappa shape index (κ3) is 8.60. The molecular formula is C14H19ClN3O2Se. The first-order valence-corrected chi connectivity index (χ1v) is 7.70. The number of nitrogens with zero attached hydrogens (tertiary/aromatic N) is 1. The summed E-state index contributed by atoms with van der Waals surface area (Å²) < 4.78 is 5.74. The van der Waals surface area contributed by atoms with Gasteiger partial charge < -0.3 is 0 Å². The zero-order valence-electron chi connectivity index (χ0n) is 12.3. The minimum atomic E-state index is -0.495. The second-order valence-corrected chi connectivity index (χ2v) is 6.50. The fourth-order valence-corrected chi connectivity index (χ4v) is 1.99. The van der Waals surface area contributed by atoms with E-state index in [4.69, 9.17) is 16.3 Å². The van der Waals surface area contributed by atoms with Crippen LogP contribution in [0.1, 0.15) is 20.8 Å². The Kier molecular flexibility index (Phi) is 7.02. The topological polar surface area (TPSA) is 62.7 Å². The molecule has 21 heavy (non-hydrogen) atoms. The number of benzene rings is 1. The van der Waals surface area contributed by atoms with Crippen molar-refractivity contribution in [3.05, 3.63) is 29.3 Å². The van der Waals surface area contributed by atoms with Crippen molar-refractivity contribution in [3.63, 3.8) is 0 Å². The Bertz CT molecular complexity index is 515. The quantitative estimate of drug-likeness (QED) is 0.368. The fraction of sp³-hybridized carbons (Fsp3) is 0.429. The molecule has 0 aliphatic rings. The Morgan fingerprint density at radius 2 is 2.14 bits per heavy atom. The molecule has 0 unspecified atom stereocenters. The van der Waals surface area contributed by atoms with Crippen LogP contribution in [0.2, 0.25) is 5.02 Å². The number of halogens is 1. The third-order valence-corrected chi connectivity index (χ3v) is 2.83. The standard InChI is InChI=1S/C14H19ClN3O2Se/c1-14(2,3)20-13(19)17-8-7-16-12(21)18-11-6-4-5-10(15)9-11/h4-6,9H,7-8H2,1-3H3,(H,16,18)(H,17,19). The Morgan fingerprint density at radius 3 is 2.76 bits per heavy atom. The van der Waals surface area contributed by atoms with Crippen LogP contribution in [0.5, 0.6) is 0 Å². The molecule has 0 spiro atoms. The monoisotopic (exact) mass is 376 g/mol. The summed E-state index contributed by atoms with van der Waals surface area (Å²) in [5.41, 5.74) is 0.352. The number of alkyl carbamates (subject to hydrolysis) is 1. The zero-order chi connectivity index (χ0) is 15.9. The molecule has 0 fully saturated rings. The van der Waals surface area contributed by atoms with Crippen molar-refractivity contribution >= 4 is 44.1 Å². The van der Waals surface area contributed by atoms with E-state index < -0.39 is 11.7 Å². The number of carbonyl (C=O) groups is 1. The van der Waals surface area contributed by atoms with E-state index in [-0.39, 0.29) is 0 Å². The van der Waals surface area contributed by atoms with Crippen LogP contribution in [0, 0.1) is 0 Å². The number of amidine groups is 1. The summed E-state index contributed by atoms with van der Waals surface area (Å²) in [4.78, 5) is 15.7. The van der Waals surface area contributed by atoms with E-state index in [0.717, 1.165) is 5.69 Å². The SMILES string of the molecule is CC(C)(C)OC(=O)NCCN=C([Se])Nc1cccc(Cl)c1. The van der Waals surface area contributed by atoms with Crippen molar-refractivity contribution in [2.75, 3.05) is 18.4 Å². The maximum absolute atomic E-state index is 11.4. The van der Waals surface area contributed by atoms with Crippen LogP contribution in [-0.4, -0.2) is 45.5 Å². The molecule has 1 radical (unpaired) electrons. The summed E-state index contributed by atoms with van der Waals surface area (Å²) in [5, 5.41) is 6.36. The first-order valence-electron chi connectivity index (χ1n) is 6.47. The Hall–Kier alpha value is -1.23. The molecule has 0 aromatic heterocycles. The van der Waals surface area contributed by atoms with Crippen LogP contribution in [0.4, 0.5) is 10.5 Å². The molecule has 5 nitrogen and oxygen atoms in total. The Balaban J connectivity index is 2.31. The predicted molar refractivity (Wildman–Crippen MR) is 87.4 cm³/mol. The summed E-state index contributed by atoms with van der Waals surface area (Å²) >= 11 is 8.71. The van der Waals surface area contributed by atoms with Crippen LogP contribution < -0.4 is 10.6 Å². The number of aliphatic imine (C=N–C) groups is 1. The van der Waals surface area contributed by atoms with E-state index in [1.807, 2.05) is 32.9 Å². The van der Waals surface area contributed by atoms with Gasteiger partial charge in [0.2, 0.25) is 0 Å². The van der Waals surface area contributed by atoms with Crippen molar-refractivity contribution in [3.8, 4) is 0 Å². The molecule has 0 aliphatic heterocycles. The fourth-order valence-electron chi connectivity index (χ4n) is 1.36. The molecule has 2 N–H and O–H groups in total. The normalized spacial score (nSPS) is 11.9. The second-order valence-electron chi connectivity index (χ2n) is 5.25. The van der Waals surface area contributed by atoms with Gasteiger partial charge in [-0.1, -0.05) is 0 Å². The van der Waals surface area contributed by atoms with Crippen molar-refractivity contribution in [1.29, 1.82) is 0 Å². The van der Waals surface area contributed by atoms with Gasteiger partial charge in [-0.05, 0) is 0 Å². The molecule has 0 aliphatic carbocycles. The Morgan fingerprint density at radius 1 is 1.43 bits per heavy atom. The van der Waals surface area contributed by atoms with Crippen LogP contribution in [0.25, 0.3) is 0 Å². The second kappa shape index (κ2) is 8.27. The van der Waals surface area contributed by atoms with Gasteiger partial charge in [0, 0.05) is 0 Å². The van der Waals surface area contributed by atoms with Gasteiger partial charge in [-0.15, -0.1) is 0 Å². The summed E-state index contributed by atoms with van der Waals surface area (Å²) in [6.45, 7) is 6.29. The number of amides is 1. The number of hydrogen-bond donors (Lipinski definition) is 2. The maximum atomic E-state index is 11.4. The molecular weight excluding hydrogens is 357 g/mol. The average Bonchev–Trinajstić information content (AvgIpc) is 2.32. The van der Waals surface area contributed by atoms with Gasteiger partial charge in [0.1, 0.15) is 0 Å². The predicted octanol–water partition coefficient (Wildman–Crippen LogP) is 2.80.